The Morgan fingerprint density at radius 3 is 2.46 bits per heavy atom. The van der Waals surface area contributed by atoms with E-state index in [1.165, 1.54) is 6.33 Å². The Labute approximate surface area is 217 Å². The average Bonchev–Trinajstić information content (AvgIpc) is 3.34. The Hall–Kier alpha value is -2.92. The van der Waals surface area contributed by atoms with E-state index in [4.69, 9.17) is 16.3 Å². The van der Waals surface area contributed by atoms with Crippen LogP contribution in [-0.2, 0) is 15.7 Å². The summed E-state index contributed by atoms with van der Waals surface area (Å²) in [6.45, 7) is 3.73. The van der Waals surface area contributed by atoms with Crippen LogP contribution in [0.3, 0.4) is 0 Å². The second kappa shape index (κ2) is 11.6. The van der Waals surface area contributed by atoms with Gasteiger partial charge < -0.3 is 20.4 Å². The van der Waals surface area contributed by atoms with Gasteiger partial charge in [0.2, 0.25) is 5.91 Å². The molecule has 1 aliphatic carbocycles. The van der Waals surface area contributed by atoms with Crippen LogP contribution in [0.5, 0.6) is 0 Å². The summed E-state index contributed by atoms with van der Waals surface area (Å²) >= 11 is 5.98. The van der Waals surface area contributed by atoms with E-state index in [1.807, 2.05) is 13.8 Å². The van der Waals surface area contributed by atoms with Crippen molar-refractivity contribution < 1.29 is 32.3 Å². The maximum Gasteiger partial charge on any atom is 0.416 e. The van der Waals surface area contributed by atoms with Gasteiger partial charge in [-0.25, -0.2) is 4.98 Å². The van der Waals surface area contributed by atoms with Gasteiger partial charge in [0, 0.05) is 25.5 Å². The van der Waals surface area contributed by atoms with Gasteiger partial charge in [-0.3, -0.25) is 14.4 Å². The number of H-pyrrole nitrogens is 1. The molecule has 1 aliphatic rings. The summed E-state index contributed by atoms with van der Waals surface area (Å²) in [4.78, 5) is 44.9. The Morgan fingerprint density at radius 2 is 1.84 bits per heavy atom. The quantitative estimate of drug-likeness (QED) is 0.367. The highest BCUT2D eigenvalue weighted by Gasteiger charge is 2.32. The third-order valence-electron chi connectivity index (χ3n) is 6.62. The zero-order valence-electron chi connectivity index (χ0n) is 20.8. The molecule has 0 unspecified atom stereocenters. The molecule has 1 saturated carbocycles. The number of imidazole rings is 1. The van der Waals surface area contributed by atoms with Gasteiger partial charge in [-0.05, 0) is 64.2 Å². The Balaban J connectivity index is 1.53. The number of hydrogen-bond donors (Lipinski definition) is 3. The van der Waals surface area contributed by atoms with Crippen molar-refractivity contribution in [2.45, 2.75) is 70.2 Å². The van der Waals surface area contributed by atoms with Crippen LogP contribution in [-0.4, -0.2) is 46.3 Å². The van der Waals surface area contributed by atoms with Crippen LogP contribution >= 0.6 is 11.6 Å². The molecule has 2 amide bonds. The molecule has 0 radical (unpaired) electrons. The number of nitrogens with zero attached hydrogens (tertiary/aromatic N) is 1. The minimum atomic E-state index is -4.56. The summed E-state index contributed by atoms with van der Waals surface area (Å²) in [5.74, 6) is -1.60. The molecule has 2 aromatic rings. The van der Waals surface area contributed by atoms with E-state index in [2.05, 4.69) is 20.6 Å². The lowest BCUT2D eigenvalue weighted by Crippen LogP contribution is -2.40. The predicted octanol–water partition coefficient (Wildman–Crippen LogP) is 5.40. The summed E-state index contributed by atoms with van der Waals surface area (Å²) in [7, 11) is 1.57. The standard InChI is InChI=1S/C25H30ClF3N4O4/c1-24(2,37-3)11-10-19(34)20-21(31-13-30-20)23(36)32-16-7-4-14(5-8-16)22(35)33-18-12-15(25(27,28)29)6-9-17(18)26/h6,9,12-14,16H,4-5,7-8,10-11H2,1-3H3,(H,30,31)(H,32,36)(H,33,35). The molecule has 3 rings (SSSR count). The van der Waals surface area contributed by atoms with Crippen molar-refractivity contribution in [2.24, 2.45) is 5.92 Å². The van der Waals surface area contributed by atoms with Crippen LogP contribution in [0.1, 0.15) is 78.9 Å². The van der Waals surface area contributed by atoms with Crippen molar-refractivity contribution in [3.05, 3.63) is 46.5 Å². The molecule has 202 valence electrons. The molecule has 1 heterocycles. The Kier molecular flexibility index (Phi) is 9.01. The number of carbonyl (C=O) groups excluding carboxylic acids is 3. The number of ether oxygens (including phenoxy) is 1. The highest BCUT2D eigenvalue weighted by Crippen LogP contribution is 2.34. The number of hydrogen-bond acceptors (Lipinski definition) is 5. The van der Waals surface area contributed by atoms with Gasteiger partial charge in [0.15, 0.2) is 5.78 Å². The number of alkyl halides is 3. The van der Waals surface area contributed by atoms with Gasteiger partial charge in [0.25, 0.3) is 5.91 Å². The monoisotopic (exact) mass is 542 g/mol. The maximum atomic E-state index is 13.0. The van der Waals surface area contributed by atoms with Gasteiger partial charge in [-0.1, -0.05) is 11.6 Å². The molecule has 3 N–H and O–H groups in total. The molecule has 12 heteroatoms. The van der Waals surface area contributed by atoms with E-state index in [-0.39, 0.29) is 40.3 Å². The smallest absolute Gasteiger partial charge is 0.379 e. The van der Waals surface area contributed by atoms with Gasteiger partial charge in [-0.15, -0.1) is 0 Å². The molecular formula is C25H30ClF3N4O4. The van der Waals surface area contributed by atoms with Crippen molar-refractivity contribution in [1.29, 1.82) is 0 Å². The van der Waals surface area contributed by atoms with Gasteiger partial charge in [0.1, 0.15) is 11.4 Å². The highest BCUT2D eigenvalue weighted by atomic mass is 35.5. The van der Waals surface area contributed by atoms with Crippen LogP contribution in [0, 0.1) is 5.92 Å². The molecule has 8 nitrogen and oxygen atoms in total. The number of aromatic nitrogens is 2. The van der Waals surface area contributed by atoms with E-state index in [0.717, 1.165) is 18.2 Å². The Bertz CT molecular complexity index is 1140. The molecule has 37 heavy (non-hydrogen) atoms. The summed E-state index contributed by atoms with van der Waals surface area (Å²) in [5, 5.41) is 5.39. The first-order chi connectivity index (χ1) is 17.3. The maximum absolute atomic E-state index is 13.0. The molecule has 1 aromatic heterocycles. The van der Waals surface area contributed by atoms with Crippen LogP contribution < -0.4 is 10.6 Å². The van der Waals surface area contributed by atoms with E-state index in [9.17, 15) is 27.6 Å². The second-order valence-electron chi connectivity index (χ2n) is 9.72. The summed E-state index contributed by atoms with van der Waals surface area (Å²) in [6, 6.07) is 2.53. The lowest BCUT2D eigenvalue weighted by molar-refractivity contribution is -0.137. The minimum Gasteiger partial charge on any atom is -0.379 e. The van der Waals surface area contributed by atoms with Crippen LogP contribution in [0.4, 0.5) is 18.9 Å². The van der Waals surface area contributed by atoms with Gasteiger partial charge >= 0.3 is 6.18 Å². The number of carbonyl (C=O) groups is 3. The van der Waals surface area contributed by atoms with Gasteiger partial charge in [0.05, 0.1) is 28.2 Å². The fraction of sp³-hybridized carbons (Fsp3) is 0.520. The predicted molar refractivity (Wildman–Crippen MR) is 132 cm³/mol. The zero-order chi connectivity index (χ0) is 27.4. The third-order valence-corrected chi connectivity index (χ3v) is 6.95. The number of rotatable bonds is 9. The number of benzene rings is 1. The Morgan fingerprint density at radius 1 is 1.16 bits per heavy atom. The van der Waals surface area contributed by atoms with Crippen molar-refractivity contribution >= 4 is 34.9 Å². The van der Waals surface area contributed by atoms with Crippen LogP contribution in [0.15, 0.2) is 24.5 Å². The lowest BCUT2D eigenvalue weighted by atomic mass is 9.85. The SMILES string of the molecule is COC(C)(C)CCC(=O)c1nc[nH]c1C(=O)NC1CCC(C(=O)Nc2cc(C(F)(F)F)ccc2Cl)CC1. The van der Waals surface area contributed by atoms with Crippen molar-refractivity contribution in [2.75, 3.05) is 12.4 Å². The number of aromatic amines is 1. The van der Waals surface area contributed by atoms with Crippen LogP contribution in [0.2, 0.25) is 5.02 Å². The molecular weight excluding hydrogens is 513 g/mol. The molecule has 0 saturated heterocycles. The number of Topliss-reactive ketones (excluding diaryl/α,β-unsaturated/α-hetero) is 1. The first-order valence-electron chi connectivity index (χ1n) is 11.9. The lowest BCUT2D eigenvalue weighted by Gasteiger charge is -2.28. The molecule has 1 aromatic carbocycles. The molecule has 0 bridgehead atoms. The van der Waals surface area contributed by atoms with E-state index in [1.54, 1.807) is 7.11 Å². The number of halogens is 4. The van der Waals surface area contributed by atoms with Crippen molar-refractivity contribution in [1.82, 2.24) is 15.3 Å². The van der Waals surface area contributed by atoms with Gasteiger partial charge in [-0.2, -0.15) is 13.2 Å². The fourth-order valence-electron chi connectivity index (χ4n) is 4.10. The minimum absolute atomic E-state index is 0.0120. The fourth-order valence-corrected chi connectivity index (χ4v) is 4.27. The first-order valence-corrected chi connectivity index (χ1v) is 12.3. The highest BCUT2D eigenvalue weighted by molar-refractivity contribution is 6.33. The number of anilines is 1. The third kappa shape index (κ3) is 7.54. The molecule has 1 fully saturated rings. The number of amides is 2. The first kappa shape index (κ1) is 28.6. The number of methoxy groups -OCH3 is 1. The topological polar surface area (TPSA) is 113 Å². The van der Waals surface area contributed by atoms with Crippen molar-refractivity contribution in [3.8, 4) is 0 Å². The van der Waals surface area contributed by atoms with E-state index < -0.39 is 35.1 Å². The average molecular weight is 543 g/mol. The van der Waals surface area contributed by atoms with E-state index in [0.29, 0.717) is 32.1 Å². The summed E-state index contributed by atoms with van der Waals surface area (Å²) < 4.78 is 44.3. The number of nitrogens with one attached hydrogen (secondary N) is 3. The zero-order valence-corrected chi connectivity index (χ0v) is 21.6. The number of ketones is 1. The molecule has 0 spiro atoms. The molecule has 0 aliphatic heterocycles. The van der Waals surface area contributed by atoms with E-state index >= 15 is 0 Å². The second-order valence-corrected chi connectivity index (χ2v) is 10.1. The normalized spacial score (nSPS) is 18.4. The molecule has 0 atom stereocenters. The largest absolute Gasteiger partial charge is 0.416 e. The van der Waals surface area contributed by atoms with Crippen molar-refractivity contribution in [3.63, 3.8) is 0 Å². The summed E-state index contributed by atoms with van der Waals surface area (Å²) in [6.07, 6.45) is -0.804. The van der Waals surface area contributed by atoms with Crippen LogP contribution in [0.25, 0.3) is 0 Å². The summed E-state index contributed by atoms with van der Waals surface area (Å²) in [5.41, 5.74) is -1.33.